The molecule has 0 radical (unpaired) electrons. The Labute approximate surface area is 126 Å². The first kappa shape index (κ1) is 17.7. The van der Waals surface area contributed by atoms with Crippen molar-refractivity contribution in [3.05, 3.63) is 22.6 Å². The summed E-state index contributed by atoms with van der Waals surface area (Å²) in [7, 11) is 0. The third kappa shape index (κ3) is 5.85. The summed E-state index contributed by atoms with van der Waals surface area (Å²) in [5.74, 6) is 0. The molecule has 0 aliphatic heterocycles. The summed E-state index contributed by atoms with van der Waals surface area (Å²) in [6.45, 7) is 12.5. The first-order valence-electron chi connectivity index (χ1n) is 7.52. The van der Waals surface area contributed by atoms with E-state index in [-0.39, 0.29) is 17.6 Å². The van der Waals surface area contributed by atoms with Gasteiger partial charge in [0.05, 0.1) is 24.5 Å². The molecule has 0 aromatic carbocycles. The first-order chi connectivity index (χ1) is 9.76. The van der Waals surface area contributed by atoms with Crippen molar-refractivity contribution in [2.75, 3.05) is 24.5 Å². The molecule has 0 saturated carbocycles. The average Bonchev–Trinajstić information content (AvgIpc) is 2.40. The zero-order chi connectivity index (χ0) is 16.0. The minimum absolute atomic E-state index is 0.0635. The number of aliphatic hydroxyl groups is 1. The molecular formula is C15H28N4O2. The number of nitrogens with one attached hydrogen (secondary N) is 1. The minimum atomic E-state index is -0.645. The van der Waals surface area contributed by atoms with Gasteiger partial charge in [0.25, 0.3) is 5.56 Å². The van der Waals surface area contributed by atoms with Crippen LogP contribution in [0.5, 0.6) is 0 Å². The van der Waals surface area contributed by atoms with E-state index in [1.807, 2.05) is 34.6 Å². The standard InChI is InChI=1S/C15H28N4O2/c1-6-18(7-2)12-8-14(21)19(17-9-12)11-13(20)10-16-15(3,4)5/h8-9,13,16,20H,6-7,10-11H2,1-5H3. The molecule has 0 spiro atoms. The van der Waals surface area contributed by atoms with Crippen LogP contribution in [-0.2, 0) is 6.54 Å². The van der Waals surface area contributed by atoms with Crippen molar-refractivity contribution in [1.82, 2.24) is 15.1 Å². The van der Waals surface area contributed by atoms with Gasteiger partial charge in [-0.05, 0) is 34.6 Å². The zero-order valence-corrected chi connectivity index (χ0v) is 13.8. The van der Waals surface area contributed by atoms with E-state index in [1.54, 1.807) is 12.3 Å². The van der Waals surface area contributed by atoms with Crippen LogP contribution in [0.1, 0.15) is 34.6 Å². The second kappa shape index (κ2) is 7.56. The summed E-state index contributed by atoms with van der Waals surface area (Å²) in [5.41, 5.74) is 0.573. The summed E-state index contributed by atoms with van der Waals surface area (Å²) in [5, 5.41) is 17.4. The maximum atomic E-state index is 12.1. The van der Waals surface area contributed by atoms with Crippen LogP contribution >= 0.6 is 0 Å². The summed E-state index contributed by atoms with van der Waals surface area (Å²) >= 11 is 0. The molecule has 1 unspecified atom stereocenters. The predicted molar refractivity (Wildman–Crippen MR) is 85.8 cm³/mol. The number of β-amino-alcohol motifs (C(OH)–C–C–N with tert-alkyl or cyclic N) is 1. The van der Waals surface area contributed by atoms with Crippen LogP contribution in [0.3, 0.4) is 0 Å². The van der Waals surface area contributed by atoms with Crippen LogP contribution < -0.4 is 15.8 Å². The molecule has 1 heterocycles. The number of rotatable bonds is 7. The molecule has 0 amide bonds. The third-order valence-electron chi connectivity index (χ3n) is 3.24. The second-order valence-corrected chi connectivity index (χ2v) is 6.19. The molecule has 0 saturated heterocycles. The molecule has 0 aliphatic carbocycles. The smallest absolute Gasteiger partial charge is 0.268 e. The van der Waals surface area contributed by atoms with E-state index in [1.165, 1.54) is 4.68 Å². The van der Waals surface area contributed by atoms with E-state index in [9.17, 15) is 9.90 Å². The Morgan fingerprint density at radius 2 is 2.00 bits per heavy atom. The largest absolute Gasteiger partial charge is 0.390 e. The molecule has 1 aromatic rings. The quantitative estimate of drug-likeness (QED) is 0.780. The third-order valence-corrected chi connectivity index (χ3v) is 3.24. The molecule has 0 aliphatic rings. The number of aliphatic hydroxyl groups excluding tert-OH is 1. The fourth-order valence-electron chi connectivity index (χ4n) is 2.01. The number of anilines is 1. The molecule has 21 heavy (non-hydrogen) atoms. The lowest BCUT2D eigenvalue weighted by Gasteiger charge is -2.23. The molecule has 1 atom stereocenters. The van der Waals surface area contributed by atoms with Crippen molar-refractivity contribution in [3.8, 4) is 0 Å². The highest BCUT2D eigenvalue weighted by Gasteiger charge is 2.14. The van der Waals surface area contributed by atoms with E-state index in [4.69, 9.17) is 0 Å². The number of aromatic nitrogens is 2. The van der Waals surface area contributed by atoms with Gasteiger partial charge in [0.15, 0.2) is 0 Å². The Hall–Kier alpha value is -1.40. The highest BCUT2D eigenvalue weighted by molar-refractivity contribution is 5.42. The minimum Gasteiger partial charge on any atom is -0.390 e. The highest BCUT2D eigenvalue weighted by Crippen LogP contribution is 2.08. The van der Waals surface area contributed by atoms with Crippen LogP contribution in [-0.4, -0.2) is 46.2 Å². The summed E-state index contributed by atoms with van der Waals surface area (Å²) in [4.78, 5) is 14.1. The van der Waals surface area contributed by atoms with Gasteiger partial charge in [-0.3, -0.25) is 4.79 Å². The van der Waals surface area contributed by atoms with Crippen molar-refractivity contribution in [2.45, 2.75) is 52.8 Å². The lowest BCUT2D eigenvalue weighted by atomic mass is 10.1. The van der Waals surface area contributed by atoms with Gasteiger partial charge in [-0.25, -0.2) is 4.68 Å². The lowest BCUT2D eigenvalue weighted by Crippen LogP contribution is -2.43. The Morgan fingerprint density at radius 3 is 2.48 bits per heavy atom. The molecule has 1 aromatic heterocycles. The number of nitrogens with zero attached hydrogens (tertiary/aromatic N) is 3. The van der Waals surface area contributed by atoms with Crippen LogP contribution in [0.25, 0.3) is 0 Å². The van der Waals surface area contributed by atoms with Crippen molar-refractivity contribution in [1.29, 1.82) is 0 Å². The monoisotopic (exact) mass is 296 g/mol. The Balaban J connectivity index is 2.70. The normalized spacial score (nSPS) is 13.2. The van der Waals surface area contributed by atoms with Gasteiger partial charge in [-0.2, -0.15) is 5.10 Å². The van der Waals surface area contributed by atoms with Crippen LogP contribution in [0, 0.1) is 0 Å². The second-order valence-electron chi connectivity index (χ2n) is 6.19. The molecule has 6 nitrogen and oxygen atoms in total. The summed E-state index contributed by atoms with van der Waals surface area (Å²) in [6.07, 6.45) is 1.03. The highest BCUT2D eigenvalue weighted by atomic mass is 16.3. The van der Waals surface area contributed by atoms with Gasteiger partial charge in [-0.15, -0.1) is 0 Å². The Morgan fingerprint density at radius 1 is 1.38 bits per heavy atom. The van der Waals surface area contributed by atoms with E-state index in [0.717, 1.165) is 18.8 Å². The van der Waals surface area contributed by atoms with E-state index < -0.39 is 6.10 Å². The maximum Gasteiger partial charge on any atom is 0.268 e. The fraction of sp³-hybridized carbons (Fsp3) is 0.733. The Bertz CT molecular complexity index is 489. The zero-order valence-electron chi connectivity index (χ0n) is 13.8. The van der Waals surface area contributed by atoms with Gasteiger partial charge in [0.1, 0.15) is 0 Å². The number of hydrogen-bond donors (Lipinski definition) is 2. The predicted octanol–water partition coefficient (Wildman–Crippen LogP) is 0.839. The van der Waals surface area contributed by atoms with Gasteiger partial charge in [-0.1, -0.05) is 0 Å². The van der Waals surface area contributed by atoms with Gasteiger partial charge < -0.3 is 15.3 Å². The van der Waals surface area contributed by atoms with Crippen LogP contribution in [0.4, 0.5) is 5.69 Å². The van der Waals surface area contributed by atoms with Crippen LogP contribution in [0.15, 0.2) is 17.1 Å². The number of hydrogen-bond acceptors (Lipinski definition) is 5. The molecule has 0 fully saturated rings. The van der Waals surface area contributed by atoms with Gasteiger partial charge in [0.2, 0.25) is 0 Å². The molecule has 1 rings (SSSR count). The lowest BCUT2D eigenvalue weighted by molar-refractivity contribution is 0.136. The summed E-state index contributed by atoms with van der Waals surface area (Å²) < 4.78 is 1.31. The van der Waals surface area contributed by atoms with Gasteiger partial charge >= 0.3 is 0 Å². The SMILES string of the molecule is CCN(CC)c1cnn(CC(O)CNC(C)(C)C)c(=O)c1. The molecular weight excluding hydrogens is 268 g/mol. The first-order valence-corrected chi connectivity index (χ1v) is 7.52. The average molecular weight is 296 g/mol. The van der Waals surface area contributed by atoms with Crippen LogP contribution in [0.2, 0.25) is 0 Å². The maximum absolute atomic E-state index is 12.1. The fourth-order valence-corrected chi connectivity index (χ4v) is 2.01. The van der Waals surface area contributed by atoms with E-state index in [0.29, 0.717) is 6.54 Å². The Kier molecular flexibility index (Phi) is 6.36. The van der Waals surface area contributed by atoms with E-state index >= 15 is 0 Å². The van der Waals surface area contributed by atoms with E-state index in [2.05, 4.69) is 15.3 Å². The molecule has 6 heteroatoms. The topological polar surface area (TPSA) is 70.4 Å². The van der Waals surface area contributed by atoms with Gasteiger partial charge in [0, 0.05) is 31.2 Å². The van der Waals surface area contributed by atoms with Crippen molar-refractivity contribution >= 4 is 5.69 Å². The molecule has 0 bridgehead atoms. The molecule has 120 valence electrons. The molecule has 2 N–H and O–H groups in total. The summed E-state index contributed by atoms with van der Waals surface area (Å²) in [6, 6.07) is 1.57. The van der Waals surface area contributed by atoms with Crippen molar-refractivity contribution in [3.63, 3.8) is 0 Å². The van der Waals surface area contributed by atoms with Crippen molar-refractivity contribution in [2.24, 2.45) is 0 Å². The van der Waals surface area contributed by atoms with Crippen molar-refractivity contribution < 1.29 is 5.11 Å².